The fourth-order valence-electron chi connectivity index (χ4n) is 3.93. The molecule has 0 saturated heterocycles. The van der Waals surface area contributed by atoms with Gasteiger partial charge in [-0.1, -0.05) is 0 Å². The van der Waals surface area contributed by atoms with Gasteiger partial charge in [0.05, 0.1) is 24.9 Å². The Bertz CT molecular complexity index is 852. The number of nitrogens with zero attached hydrogens (tertiary/aromatic N) is 4. The lowest BCUT2D eigenvalue weighted by atomic mass is 9.91. The van der Waals surface area contributed by atoms with Gasteiger partial charge in [0, 0.05) is 41.5 Å². The third-order valence-electron chi connectivity index (χ3n) is 5.62. The summed E-state index contributed by atoms with van der Waals surface area (Å²) in [5.41, 5.74) is 1.98. The fraction of sp³-hybridized carbons (Fsp3) is 0.667. The molecular formula is C18H23N5O2S. The monoisotopic (exact) mass is 373 g/mol. The van der Waals surface area contributed by atoms with Crippen molar-refractivity contribution >= 4 is 16.7 Å². The van der Waals surface area contributed by atoms with Gasteiger partial charge in [0.15, 0.2) is 0 Å². The largest absolute Gasteiger partial charge is 0.376 e. The van der Waals surface area contributed by atoms with Gasteiger partial charge in [-0.15, -0.1) is 0 Å². The van der Waals surface area contributed by atoms with Crippen LogP contribution in [0.4, 0.5) is 5.13 Å². The van der Waals surface area contributed by atoms with E-state index in [4.69, 9.17) is 4.74 Å². The van der Waals surface area contributed by atoms with E-state index in [1.165, 1.54) is 24.4 Å². The van der Waals surface area contributed by atoms with E-state index in [0.29, 0.717) is 25.2 Å². The number of fused-ring (bicyclic) bond motifs is 1. The van der Waals surface area contributed by atoms with Crippen LogP contribution in [-0.2, 0) is 17.8 Å². The average Bonchev–Trinajstić information content (AvgIpc) is 3.41. The minimum Gasteiger partial charge on any atom is -0.376 e. The van der Waals surface area contributed by atoms with Gasteiger partial charge in [-0.3, -0.25) is 4.79 Å². The van der Waals surface area contributed by atoms with Crippen LogP contribution in [0.25, 0.3) is 0 Å². The van der Waals surface area contributed by atoms with Crippen molar-refractivity contribution in [1.29, 1.82) is 0 Å². The normalized spacial score (nSPS) is 25.7. The van der Waals surface area contributed by atoms with Gasteiger partial charge in [0.2, 0.25) is 5.13 Å². The van der Waals surface area contributed by atoms with E-state index in [2.05, 4.69) is 19.8 Å². The smallest absolute Gasteiger partial charge is 0.267 e. The number of hydrogen-bond donors (Lipinski definition) is 1. The maximum atomic E-state index is 12.4. The fourth-order valence-corrected chi connectivity index (χ4v) is 4.65. The van der Waals surface area contributed by atoms with E-state index < -0.39 is 0 Å². The number of ether oxygens (including phenoxy) is 1. The van der Waals surface area contributed by atoms with Crippen molar-refractivity contribution in [2.75, 3.05) is 11.9 Å². The Morgan fingerprint density at radius 3 is 2.85 bits per heavy atom. The summed E-state index contributed by atoms with van der Waals surface area (Å²) in [6, 6.07) is 2.32. The Morgan fingerprint density at radius 1 is 1.19 bits per heavy atom. The van der Waals surface area contributed by atoms with Gasteiger partial charge >= 0.3 is 0 Å². The van der Waals surface area contributed by atoms with Crippen LogP contribution < -0.4 is 10.9 Å². The zero-order valence-corrected chi connectivity index (χ0v) is 15.5. The van der Waals surface area contributed by atoms with E-state index in [-0.39, 0.29) is 11.6 Å². The molecule has 138 valence electrons. The summed E-state index contributed by atoms with van der Waals surface area (Å²) in [4.78, 5) is 17.1. The molecular weight excluding hydrogens is 350 g/mol. The summed E-state index contributed by atoms with van der Waals surface area (Å²) in [6.07, 6.45) is 7.25. The zero-order chi connectivity index (χ0) is 17.5. The maximum absolute atomic E-state index is 12.4. The van der Waals surface area contributed by atoms with Crippen molar-refractivity contribution in [3.05, 3.63) is 33.5 Å². The molecule has 0 aromatic carbocycles. The quantitative estimate of drug-likeness (QED) is 0.887. The summed E-state index contributed by atoms with van der Waals surface area (Å²) >= 11 is 1.47. The van der Waals surface area contributed by atoms with Crippen LogP contribution in [0, 0.1) is 0 Å². The van der Waals surface area contributed by atoms with Crippen LogP contribution in [0.5, 0.6) is 0 Å². The lowest BCUT2D eigenvalue weighted by Crippen LogP contribution is -2.35. The molecule has 2 saturated carbocycles. The number of nitrogens with one attached hydrogen (secondary N) is 1. The van der Waals surface area contributed by atoms with Crippen molar-refractivity contribution in [2.45, 2.75) is 69.6 Å². The Morgan fingerprint density at radius 2 is 2.04 bits per heavy atom. The highest BCUT2D eigenvalue weighted by Crippen LogP contribution is 2.39. The van der Waals surface area contributed by atoms with Gasteiger partial charge < -0.3 is 10.1 Å². The van der Waals surface area contributed by atoms with E-state index >= 15 is 0 Å². The first-order valence-electron chi connectivity index (χ1n) is 9.56. The van der Waals surface area contributed by atoms with Gasteiger partial charge in [0.1, 0.15) is 5.82 Å². The van der Waals surface area contributed by atoms with Gasteiger partial charge in [-0.25, -0.2) is 9.67 Å². The first-order valence-corrected chi connectivity index (χ1v) is 10.3. The molecule has 0 radical (unpaired) electrons. The molecule has 2 aliphatic carbocycles. The number of rotatable bonds is 4. The predicted octanol–water partition coefficient (Wildman–Crippen LogP) is 2.64. The Hall–Kier alpha value is -1.80. The molecule has 0 atom stereocenters. The van der Waals surface area contributed by atoms with Crippen LogP contribution in [0.2, 0.25) is 0 Å². The van der Waals surface area contributed by atoms with Gasteiger partial charge in [0.25, 0.3) is 5.56 Å². The molecule has 0 spiro atoms. The molecule has 26 heavy (non-hydrogen) atoms. The van der Waals surface area contributed by atoms with Crippen molar-refractivity contribution in [1.82, 2.24) is 19.1 Å². The van der Waals surface area contributed by atoms with Crippen molar-refractivity contribution < 1.29 is 4.74 Å². The second-order valence-electron chi connectivity index (χ2n) is 7.58. The van der Waals surface area contributed by atoms with E-state index in [0.717, 1.165) is 54.3 Å². The van der Waals surface area contributed by atoms with Gasteiger partial charge in [-0.2, -0.15) is 9.47 Å². The summed E-state index contributed by atoms with van der Waals surface area (Å²) in [5.74, 6) is 1.62. The second kappa shape index (κ2) is 6.74. The predicted molar refractivity (Wildman–Crippen MR) is 98.7 cm³/mol. The number of hydrogen-bond acceptors (Lipinski definition) is 7. The second-order valence-corrected chi connectivity index (χ2v) is 8.34. The molecule has 0 unspecified atom stereocenters. The van der Waals surface area contributed by atoms with E-state index in [1.54, 1.807) is 10.7 Å². The minimum atomic E-state index is 0.00357. The standard InChI is InChI=1S/C18H23N5O2S/c24-16-9-12-10-25-8-7-15(12)21-23(16)14-5-3-13(4-6-14)19-18-20-17(22-26-18)11-1-2-11/h9,11,13-14H,1-8,10H2,(H,19,20,22). The molecule has 2 fully saturated rings. The summed E-state index contributed by atoms with van der Waals surface area (Å²) in [6.45, 7) is 1.21. The van der Waals surface area contributed by atoms with Crippen LogP contribution >= 0.6 is 11.5 Å². The Balaban J connectivity index is 1.23. The third kappa shape index (κ3) is 3.27. The highest BCUT2D eigenvalue weighted by molar-refractivity contribution is 7.09. The molecule has 1 N–H and O–H groups in total. The van der Waals surface area contributed by atoms with Crippen LogP contribution in [0.3, 0.4) is 0 Å². The van der Waals surface area contributed by atoms with E-state index in [1.807, 2.05) is 0 Å². The topological polar surface area (TPSA) is 81.9 Å². The summed E-state index contributed by atoms with van der Waals surface area (Å²) < 4.78 is 11.6. The number of aromatic nitrogens is 4. The van der Waals surface area contributed by atoms with Crippen LogP contribution in [-0.4, -0.2) is 31.8 Å². The molecule has 3 heterocycles. The first kappa shape index (κ1) is 16.4. The average molecular weight is 373 g/mol. The maximum Gasteiger partial charge on any atom is 0.267 e. The Kier molecular flexibility index (Phi) is 4.24. The van der Waals surface area contributed by atoms with Crippen LogP contribution in [0.15, 0.2) is 10.9 Å². The Labute approximate surface area is 156 Å². The van der Waals surface area contributed by atoms with Crippen molar-refractivity contribution in [2.24, 2.45) is 0 Å². The first-order chi connectivity index (χ1) is 12.8. The van der Waals surface area contributed by atoms with Crippen molar-refractivity contribution in [3.8, 4) is 0 Å². The van der Waals surface area contributed by atoms with Gasteiger partial charge in [-0.05, 0) is 38.5 Å². The number of anilines is 1. The molecule has 7 nitrogen and oxygen atoms in total. The van der Waals surface area contributed by atoms with Crippen molar-refractivity contribution in [3.63, 3.8) is 0 Å². The lowest BCUT2D eigenvalue weighted by molar-refractivity contribution is 0.107. The molecule has 8 heteroatoms. The highest BCUT2D eigenvalue weighted by Gasteiger charge is 2.29. The van der Waals surface area contributed by atoms with Crippen LogP contribution in [0.1, 0.15) is 67.6 Å². The lowest BCUT2D eigenvalue weighted by Gasteiger charge is -2.30. The molecule has 2 aromatic rings. The van der Waals surface area contributed by atoms with E-state index in [9.17, 15) is 4.79 Å². The summed E-state index contributed by atoms with van der Waals surface area (Å²) in [7, 11) is 0. The molecule has 3 aliphatic rings. The molecule has 0 amide bonds. The molecule has 1 aliphatic heterocycles. The minimum absolute atomic E-state index is 0.00357. The summed E-state index contributed by atoms with van der Waals surface area (Å²) in [5, 5.41) is 9.14. The SMILES string of the molecule is O=c1cc2c(nn1C1CCC(Nc3nc(C4CC4)ns3)CC1)CCOC2. The molecule has 0 bridgehead atoms. The third-order valence-corrected chi connectivity index (χ3v) is 6.28. The molecule has 5 rings (SSSR count). The highest BCUT2D eigenvalue weighted by atomic mass is 32.1. The zero-order valence-electron chi connectivity index (χ0n) is 14.7. The molecule has 2 aromatic heterocycles.